The van der Waals surface area contributed by atoms with Crippen molar-refractivity contribution in [2.45, 2.75) is 45.8 Å². The van der Waals surface area contributed by atoms with Gasteiger partial charge in [-0.05, 0) is 39.7 Å². The van der Waals surface area contributed by atoms with Crippen molar-refractivity contribution in [3.05, 3.63) is 29.2 Å². The molecule has 1 amide bonds. The average molecular weight is 288 g/mol. The lowest BCUT2D eigenvalue weighted by Crippen LogP contribution is -2.40. The molecule has 0 radical (unpaired) electrons. The lowest BCUT2D eigenvalue weighted by molar-refractivity contribution is 0.0713. The van der Waals surface area contributed by atoms with Gasteiger partial charge in [-0.3, -0.25) is 4.79 Å². The van der Waals surface area contributed by atoms with Crippen molar-refractivity contribution in [1.82, 2.24) is 19.9 Å². The maximum atomic E-state index is 12.4. The minimum Gasteiger partial charge on any atom is -0.376 e. The highest BCUT2D eigenvalue weighted by atomic mass is 16.5. The Balaban J connectivity index is 1.84. The summed E-state index contributed by atoms with van der Waals surface area (Å²) in [6.45, 7) is 6.62. The summed E-state index contributed by atoms with van der Waals surface area (Å²) in [5.41, 5.74) is 2.95. The van der Waals surface area contributed by atoms with Crippen LogP contribution in [-0.2, 0) is 4.74 Å². The van der Waals surface area contributed by atoms with Crippen LogP contribution in [0, 0.1) is 13.8 Å². The number of carbonyl (C=O) groups is 1. The van der Waals surface area contributed by atoms with Gasteiger partial charge in [-0.1, -0.05) is 0 Å². The Kier molecular flexibility index (Phi) is 3.63. The number of amides is 1. The van der Waals surface area contributed by atoms with Crippen molar-refractivity contribution in [3.63, 3.8) is 0 Å². The molecule has 3 heterocycles. The number of carbonyl (C=O) groups excluding carboxylic acids is 1. The van der Waals surface area contributed by atoms with Gasteiger partial charge in [0, 0.05) is 18.0 Å². The molecule has 2 atom stereocenters. The van der Waals surface area contributed by atoms with E-state index in [1.807, 2.05) is 26.8 Å². The quantitative estimate of drug-likeness (QED) is 0.932. The fourth-order valence-corrected chi connectivity index (χ4v) is 2.80. The molecule has 3 rings (SSSR count). The fraction of sp³-hybridized carbons (Fsp3) is 0.533. The summed E-state index contributed by atoms with van der Waals surface area (Å²) < 4.78 is 7.30. The number of rotatable bonds is 3. The van der Waals surface area contributed by atoms with Gasteiger partial charge < -0.3 is 10.1 Å². The van der Waals surface area contributed by atoms with Gasteiger partial charge in [0.1, 0.15) is 5.56 Å². The Bertz CT molecular complexity index is 674. The molecule has 2 aromatic heterocycles. The number of hydrogen-bond donors (Lipinski definition) is 1. The van der Waals surface area contributed by atoms with Crippen molar-refractivity contribution >= 4 is 11.6 Å². The van der Waals surface area contributed by atoms with E-state index in [0.717, 1.165) is 30.8 Å². The first-order valence-electron chi connectivity index (χ1n) is 7.30. The van der Waals surface area contributed by atoms with Gasteiger partial charge in [0.25, 0.3) is 5.91 Å². The maximum absolute atomic E-state index is 12.4. The van der Waals surface area contributed by atoms with Crippen LogP contribution >= 0.6 is 0 Å². The summed E-state index contributed by atoms with van der Waals surface area (Å²) in [6.07, 6.45) is 3.73. The summed E-state index contributed by atoms with van der Waals surface area (Å²) in [5, 5.41) is 7.25. The Morgan fingerprint density at radius 2 is 2.33 bits per heavy atom. The number of aromatic nitrogens is 3. The van der Waals surface area contributed by atoms with Crippen molar-refractivity contribution in [2.75, 3.05) is 6.61 Å². The summed E-state index contributed by atoms with van der Waals surface area (Å²) in [7, 11) is 0. The van der Waals surface area contributed by atoms with Crippen molar-refractivity contribution in [1.29, 1.82) is 0 Å². The number of ether oxygens (including phenoxy) is 1. The van der Waals surface area contributed by atoms with Gasteiger partial charge >= 0.3 is 0 Å². The van der Waals surface area contributed by atoms with Crippen molar-refractivity contribution in [2.24, 2.45) is 0 Å². The van der Waals surface area contributed by atoms with Crippen molar-refractivity contribution in [3.8, 4) is 0 Å². The molecule has 1 aliphatic heterocycles. The van der Waals surface area contributed by atoms with Crippen LogP contribution in [0.4, 0.5) is 0 Å². The minimum absolute atomic E-state index is 0.0131. The zero-order valence-corrected chi connectivity index (χ0v) is 12.6. The highest BCUT2D eigenvalue weighted by Crippen LogP contribution is 2.17. The summed E-state index contributed by atoms with van der Waals surface area (Å²) in [4.78, 5) is 16.9. The van der Waals surface area contributed by atoms with Crippen LogP contribution in [-0.4, -0.2) is 39.3 Å². The van der Waals surface area contributed by atoms with E-state index in [2.05, 4.69) is 15.4 Å². The largest absolute Gasteiger partial charge is 0.376 e. The van der Waals surface area contributed by atoms with Crippen LogP contribution in [0.15, 0.2) is 12.3 Å². The molecule has 0 unspecified atom stereocenters. The molecule has 2 aromatic rings. The van der Waals surface area contributed by atoms with Crippen molar-refractivity contribution < 1.29 is 9.53 Å². The average Bonchev–Trinajstić information content (AvgIpc) is 3.07. The van der Waals surface area contributed by atoms with E-state index in [1.54, 1.807) is 10.7 Å². The molecule has 0 spiro atoms. The predicted molar refractivity (Wildman–Crippen MR) is 78.4 cm³/mol. The molecule has 1 N–H and O–H groups in total. The fourth-order valence-electron chi connectivity index (χ4n) is 2.80. The Labute approximate surface area is 123 Å². The van der Waals surface area contributed by atoms with Gasteiger partial charge in [0.15, 0.2) is 5.65 Å². The molecule has 0 bridgehead atoms. The second-order valence-electron chi connectivity index (χ2n) is 5.65. The standard InChI is InChI=1S/C15H20N4O2/c1-9-7-10(2)19-14(17-9)12(8-16-19)15(20)18-11(3)13-5-4-6-21-13/h7-8,11,13H,4-6H2,1-3H3,(H,18,20)/t11-,13-/m1/s1. The van der Waals surface area contributed by atoms with Gasteiger partial charge in [0.05, 0.1) is 18.3 Å². The lowest BCUT2D eigenvalue weighted by Gasteiger charge is -2.19. The highest BCUT2D eigenvalue weighted by molar-refractivity contribution is 5.99. The van der Waals surface area contributed by atoms with Crippen LogP contribution in [0.3, 0.4) is 0 Å². The Morgan fingerprint density at radius 3 is 3.05 bits per heavy atom. The van der Waals surface area contributed by atoms with E-state index in [4.69, 9.17) is 4.74 Å². The van der Waals surface area contributed by atoms with Crippen LogP contribution in [0.1, 0.15) is 41.5 Å². The SMILES string of the molecule is Cc1cc(C)n2ncc(C(=O)N[C@H](C)[C@H]3CCCO3)c2n1. The van der Waals surface area contributed by atoms with Crippen LogP contribution in [0.25, 0.3) is 5.65 Å². The topological polar surface area (TPSA) is 68.5 Å². The third kappa shape index (κ3) is 2.63. The Hall–Kier alpha value is -1.95. The third-order valence-corrected chi connectivity index (χ3v) is 3.90. The molecule has 1 saturated heterocycles. The smallest absolute Gasteiger partial charge is 0.257 e. The Morgan fingerprint density at radius 1 is 1.52 bits per heavy atom. The molecule has 6 heteroatoms. The zero-order valence-electron chi connectivity index (χ0n) is 12.6. The number of aryl methyl sites for hydroxylation is 2. The van der Waals surface area contributed by atoms with Gasteiger partial charge in [-0.25, -0.2) is 9.50 Å². The summed E-state index contributed by atoms with van der Waals surface area (Å²) in [6, 6.07) is 1.93. The monoisotopic (exact) mass is 288 g/mol. The number of hydrogen-bond acceptors (Lipinski definition) is 4. The number of nitrogens with zero attached hydrogens (tertiary/aromatic N) is 3. The molecule has 6 nitrogen and oxygen atoms in total. The molecule has 112 valence electrons. The molecular weight excluding hydrogens is 268 g/mol. The van der Waals surface area contributed by atoms with E-state index in [1.165, 1.54) is 0 Å². The van der Waals surface area contributed by atoms with Crippen LogP contribution < -0.4 is 5.32 Å². The van der Waals surface area contributed by atoms with Crippen LogP contribution in [0.2, 0.25) is 0 Å². The molecule has 1 fully saturated rings. The molecule has 1 aliphatic rings. The zero-order chi connectivity index (χ0) is 15.0. The van der Waals surface area contributed by atoms with E-state index < -0.39 is 0 Å². The second kappa shape index (κ2) is 5.44. The number of nitrogens with one attached hydrogen (secondary N) is 1. The van der Waals surface area contributed by atoms with E-state index in [0.29, 0.717) is 11.2 Å². The maximum Gasteiger partial charge on any atom is 0.257 e. The third-order valence-electron chi connectivity index (χ3n) is 3.90. The first kappa shape index (κ1) is 14.0. The minimum atomic E-state index is -0.148. The van der Waals surface area contributed by atoms with E-state index in [9.17, 15) is 4.79 Å². The normalized spacial score (nSPS) is 19.9. The molecule has 0 aromatic carbocycles. The first-order chi connectivity index (χ1) is 10.1. The second-order valence-corrected chi connectivity index (χ2v) is 5.65. The predicted octanol–water partition coefficient (Wildman–Crippen LogP) is 1.64. The van der Waals surface area contributed by atoms with E-state index >= 15 is 0 Å². The van der Waals surface area contributed by atoms with Gasteiger partial charge in [0.2, 0.25) is 0 Å². The first-order valence-corrected chi connectivity index (χ1v) is 7.30. The van der Waals surface area contributed by atoms with Crippen LogP contribution in [0.5, 0.6) is 0 Å². The molecule has 0 aliphatic carbocycles. The molecule has 21 heavy (non-hydrogen) atoms. The van der Waals surface area contributed by atoms with Gasteiger partial charge in [-0.2, -0.15) is 5.10 Å². The number of fused-ring (bicyclic) bond motifs is 1. The highest BCUT2D eigenvalue weighted by Gasteiger charge is 2.25. The lowest BCUT2D eigenvalue weighted by atomic mass is 10.1. The molecular formula is C15H20N4O2. The summed E-state index contributed by atoms with van der Waals surface area (Å²) >= 11 is 0. The van der Waals surface area contributed by atoms with E-state index in [-0.39, 0.29) is 18.1 Å². The summed E-state index contributed by atoms with van der Waals surface area (Å²) in [5.74, 6) is -0.148. The molecule has 0 saturated carbocycles. The van der Waals surface area contributed by atoms with Gasteiger partial charge in [-0.15, -0.1) is 0 Å².